The molecule has 0 radical (unpaired) electrons. The summed E-state index contributed by atoms with van der Waals surface area (Å²) in [7, 11) is 0. The number of thiazole rings is 1. The number of ether oxygens (including phenoxy) is 1. The number of para-hydroxylation sites is 1. The lowest BCUT2D eigenvalue weighted by molar-refractivity contribution is -0.123. The second kappa shape index (κ2) is 11.3. The van der Waals surface area contributed by atoms with Crippen LogP contribution in [0.2, 0.25) is 0 Å². The molecule has 166 valence electrons. The lowest BCUT2D eigenvalue weighted by Gasteiger charge is -2.13. The highest BCUT2D eigenvalue weighted by Gasteiger charge is 2.14. The Balaban J connectivity index is 1.32. The molecule has 4 rings (SSSR count). The van der Waals surface area contributed by atoms with Crippen molar-refractivity contribution >= 4 is 34.9 Å². The first-order chi connectivity index (χ1) is 16.2. The van der Waals surface area contributed by atoms with Gasteiger partial charge in [-0.25, -0.2) is 4.98 Å². The monoisotopic (exact) mass is 475 g/mol. The number of carbonyl (C=O) groups is 2. The number of hydrogen-bond acceptors (Lipinski definition) is 6. The van der Waals surface area contributed by atoms with Gasteiger partial charge in [-0.05, 0) is 23.8 Å². The number of hydrogen-bond donors (Lipinski definition) is 2. The fourth-order valence-corrected chi connectivity index (χ4v) is 4.68. The third-order valence-electron chi connectivity index (χ3n) is 4.64. The average molecular weight is 476 g/mol. The van der Waals surface area contributed by atoms with Crippen molar-refractivity contribution in [3.8, 4) is 16.9 Å². The molecule has 0 atom stereocenters. The Kier molecular flexibility index (Phi) is 7.73. The molecule has 0 aliphatic carbocycles. The average Bonchev–Trinajstić information content (AvgIpc) is 3.39. The molecule has 0 saturated carbocycles. The maximum absolute atomic E-state index is 12.7. The van der Waals surface area contributed by atoms with Crippen LogP contribution in [0.3, 0.4) is 0 Å². The zero-order valence-corrected chi connectivity index (χ0v) is 19.2. The highest BCUT2D eigenvalue weighted by molar-refractivity contribution is 7.98. The van der Waals surface area contributed by atoms with E-state index in [9.17, 15) is 9.59 Å². The van der Waals surface area contributed by atoms with Crippen LogP contribution in [0.5, 0.6) is 5.75 Å². The maximum atomic E-state index is 12.7. The summed E-state index contributed by atoms with van der Waals surface area (Å²) in [6, 6.07) is 24.6. The Morgan fingerprint density at radius 1 is 0.909 bits per heavy atom. The van der Waals surface area contributed by atoms with Crippen molar-refractivity contribution in [2.45, 2.75) is 10.6 Å². The van der Waals surface area contributed by atoms with E-state index in [0.717, 1.165) is 21.7 Å². The van der Waals surface area contributed by atoms with Gasteiger partial charge in [-0.15, -0.1) is 23.1 Å². The highest BCUT2D eigenvalue weighted by atomic mass is 32.2. The van der Waals surface area contributed by atoms with E-state index in [-0.39, 0.29) is 6.61 Å². The van der Waals surface area contributed by atoms with Crippen LogP contribution in [-0.4, -0.2) is 23.4 Å². The molecule has 2 N–H and O–H groups in total. The Morgan fingerprint density at radius 2 is 1.67 bits per heavy atom. The molecule has 0 unspecified atom stereocenters. The van der Waals surface area contributed by atoms with Crippen molar-refractivity contribution in [2.75, 3.05) is 6.61 Å². The summed E-state index contributed by atoms with van der Waals surface area (Å²) >= 11 is 3.06. The molecule has 6 nitrogen and oxygen atoms in total. The van der Waals surface area contributed by atoms with Crippen molar-refractivity contribution in [1.82, 2.24) is 15.8 Å². The fraction of sp³-hybridized carbons (Fsp3) is 0.0800. The summed E-state index contributed by atoms with van der Waals surface area (Å²) in [6.45, 7) is -0.232. The summed E-state index contributed by atoms with van der Waals surface area (Å²) in [5.41, 5.74) is 10.00. The van der Waals surface area contributed by atoms with Gasteiger partial charge in [0.1, 0.15) is 5.75 Å². The minimum absolute atomic E-state index is 0.232. The van der Waals surface area contributed by atoms with Crippen LogP contribution in [0.15, 0.2) is 94.6 Å². The number of amides is 2. The molecule has 1 aromatic heterocycles. The van der Waals surface area contributed by atoms with Gasteiger partial charge < -0.3 is 4.74 Å². The topological polar surface area (TPSA) is 80.3 Å². The molecular weight excluding hydrogens is 454 g/mol. The lowest BCUT2D eigenvalue weighted by atomic mass is 10.1. The van der Waals surface area contributed by atoms with Gasteiger partial charge in [0.2, 0.25) is 0 Å². The Bertz CT molecular complexity index is 1210. The number of nitrogens with one attached hydrogen (secondary N) is 2. The van der Waals surface area contributed by atoms with E-state index >= 15 is 0 Å². The molecule has 8 heteroatoms. The molecule has 33 heavy (non-hydrogen) atoms. The van der Waals surface area contributed by atoms with Crippen LogP contribution in [-0.2, 0) is 10.5 Å². The van der Waals surface area contributed by atoms with E-state index in [1.165, 1.54) is 23.1 Å². The quantitative estimate of drug-likeness (QED) is 0.279. The van der Waals surface area contributed by atoms with Crippen molar-refractivity contribution in [2.24, 2.45) is 0 Å². The van der Waals surface area contributed by atoms with Gasteiger partial charge in [-0.1, -0.05) is 60.7 Å². The summed E-state index contributed by atoms with van der Waals surface area (Å²) in [6.07, 6.45) is 0. The van der Waals surface area contributed by atoms with E-state index in [1.54, 1.807) is 17.6 Å². The third kappa shape index (κ3) is 6.21. The number of hydrazine groups is 1. The minimum atomic E-state index is -0.459. The number of rotatable bonds is 8. The second-order valence-corrected chi connectivity index (χ2v) is 8.65. The van der Waals surface area contributed by atoms with E-state index < -0.39 is 11.8 Å². The number of nitrogens with zero attached hydrogens (tertiary/aromatic N) is 1. The third-order valence-corrected chi connectivity index (χ3v) is 6.38. The van der Waals surface area contributed by atoms with Gasteiger partial charge in [0.25, 0.3) is 11.8 Å². The van der Waals surface area contributed by atoms with Crippen LogP contribution in [0.1, 0.15) is 16.1 Å². The maximum Gasteiger partial charge on any atom is 0.276 e. The van der Waals surface area contributed by atoms with Gasteiger partial charge in [0.15, 0.2) is 6.61 Å². The first-order valence-corrected chi connectivity index (χ1v) is 12.1. The Labute approximate surface area is 200 Å². The van der Waals surface area contributed by atoms with Gasteiger partial charge in [0, 0.05) is 21.6 Å². The highest BCUT2D eigenvalue weighted by Crippen LogP contribution is 2.29. The van der Waals surface area contributed by atoms with Crippen LogP contribution < -0.4 is 15.6 Å². The van der Waals surface area contributed by atoms with Crippen molar-refractivity contribution in [3.05, 3.63) is 101 Å². The van der Waals surface area contributed by atoms with E-state index in [1.807, 2.05) is 72.1 Å². The summed E-state index contributed by atoms with van der Waals surface area (Å²) in [5.74, 6) is 0.400. The van der Waals surface area contributed by atoms with Crippen molar-refractivity contribution in [1.29, 1.82) is 0 Å². The summed E-state index contributed by atoms with van der Waals surface area (Å²) < 4.78 is 5.72. The number of carbonyl (C=O) groups excluding carboxylic acids is 2. The number of benzene rings is 3. The van der Waals surface area contributed by atoms with E-state index in [2.05, 4.69) is 15.8 Å². The molecule has 0 bridgehead atoms. The molecule has 0 fully saturated rings. The van der Waals surface area contributed by atoms with Crippen molar-refractivity contribution in [3.63, 3.8) is 0 Å². The molecule has 2 amide bonds. The van der Waals surface area contributed by atoms with E-state index in [4.69, 9.17) is 4.74 Å². The number of aromatic nitrogens is 1. The molecule has 4 aromatic rings. The molecule has 0 spiro atoms. The first kappa shape index (κ1) is 22.6. The van der Waals surface area contributed by atoms with Crippen LogP contribution in [0.25, 0.3) is 11.1 Å². The normalized spacial score (nSPS) is 10.4. The molecule has 0 aliphatic rings. The summed E-state index contributed by atoms with van der Waals surface area (Å²) in [4.78, 5) is 30.0. The Morgan fingerprint density at radius 3 is 2.48 bits per heavy atom. The molecule has 0 saturated heterocycles. The molecule has 1 heterocycles. The fourth-order valence-electron chi connectivity index (χ4n) is 3.06. The number of thioether (sulfide) groups is 1. The molecule has 0 aliphatic heterocycles. The SMILES string of the molecule is O=C(COc1ccccc1-c1ccccc1)NNC(=O)c1ccccc1SCc1cscn1. The van der Waals surface area contributed by atoms with Gasteiger partial charge in [-0.3, -0.25) is 20.4 Å². The summed E-state index contributed by atoms with van der Waals surface area (Å²) in [5, 5.41) is 1.98. The Hall–Kier alpha value is -3.62. The zero-order valence-electron chi connectivity index (χ0n) is 17.6. The zero-order chi connectivity index (χ0) is 22.9. The van der Waals surface area contributed by atoms with Crippen LogP contribution >= 0.6 is 23.1 Å². The van der Waals surface area contributed by atoms with Gasteiger partial charge in [-0.2, -0.15) is 0 Å². The molecule has 3 aromatic carbocycles. The van der Waals surface area contributed by atoms with E-state index in [0.29, 0.717) is 17.1 Å². The van der Waals surface area contributed by atoms with Gasteiger partial charge in [0.05, 0.1) is 16.8 Å². The van der Waals surface area contributed by atoms with Crippen LogP contribution in [0, 0.1) is 0 Å². The van der Waals surface area contributed by atoms with Crippen LogP contribution in [0.4, 0.5) is 0 Å². The predicted octanol–water partition coefficient (Wildman–Crippen LogP) is 4.94. The lowest BCUT2D eigenvalue weighted by Crippen LogP contribution is -2.44. The van der Waals surface area contributed by atoms with Crippen molar-refractivity contribution < 1.29 is 14.3 Å². The minimum Gasteiger partial charge on any atom is -0.483 e. The molecular formula is C25H21N3O3S2. The van der Waals surface area contributed by atoms with Gasteiger partial charge >= 0.3 is 0 Å². The smallest absolute Gasteiger partial charge is 0.276 e. The predicted molar refractivity (Wildman–Crippen MR) is 131 cm³/mol. The largest absolute Gasteiger partial charge is 0.483 e. The second-order valence-electron chi connectivity index (χ2n) is 6.92. The standard InChI is InChI=1S/C25H21N3O3S2/c29-24(14-31-22-12-6-4-10-20(22)18-8-2-1-3-9-18)27-28-25(30)21-11-5-7-13-23(21)33-16-19-15-32-17-26-19/h1-13,15,17H,14,16H2,(H,27,29)(H,28,30). The first-order valence-electron chi connectivity index (χ1n) is 10.2.